The van der Waals surface area contributed by atoms with Gasteiger partial charge in [0.1, 0.15) is 5.82 Å². The molecule has 23 heavy (non-hydrogen) atoms. The Morgan fingerprint density at radius 3 is 3.00 bits per heavy atom. The van der Waals surface area contributed by atoms with Gasteiger partial charge in [0.25, 0.3) is 0 Å². The van der Waals surface area contributed by atoms with E-state index >= 15 is 0 Å². The van der Waals surface area contributed by atoms with Gasteiger partial charge in [0.05, 0.1) is 18.0 Å². The van der Waals surface area contributed by atoms with Crippen LogP contribution < -0.4 is 11.5 Å². The topological polar surface area (TPSA) is 88.7 Å². The molecule has 0 saturated heterocycles. The van der Waals surface area contributed by atoms with E-state index in [1.165, 1.54) is 0 Å². The zero-order valence-electron chi connectivity index (χ0n) is 13.5. The predicted octanol–water partition coefficient (Wildman–Crippen LogP) is 0.866. The second-order valence-electron chi connectivity index (χ2n) is 6.28. The molecule has 3 rings (SSSR count). The van der Waals surface area contributed by atoms with Crippen molar-refractivity contribution in [1.29, 1.82) is 0 Å². The summed E-state index contributed by atoms with van der Waals surface area (Å²) < 4.78 is 4.30. The zero-order chi connectivity index (χ0) is 16.4. The standard InChI is InChI=1S/C15H24IN7/c1-21-7-11(8-23-12(9-21)5-15(18)20-23)13(6-17)14-10-22(16)4-2-3-19-14/h5-6,11H,2-4,7-10,17H2,1H3,(H2,18,20)/b13-6-. The number of aliphatic imine (C=N–C) groups is 1. The second kappa shape index (κ2) is 7.18. The van der Waals surface area contributed by atoms with Crippen molar-refractivity contribution < 1.29 is 0 Å². The van der Waals surface area contributed by atoms with Gasteiger partial charge in [-0.05, 0) is 25.2 Å². The molecule has 1 aromatic heterocycles. The third-order valence-electron chi connectivity index (χ3n) is 4.37. The van der Waals surface area contributed by atoms with E-state index in [2.05, 4.69) is 43.0 Å². The molecule has 3 heterocycles. The first kappa shape index (κ1) is 16.7. The summed E-state index contributed by atoms with van der Waals surface area (Å²) in [6.07, 6.45) is 2.83. The van der Waals surface area contributed by atoms with Crippen LogP contribution in [0.1, 0.15) is 12.1 Å². The molecule has 0 fully saturated rings. The van der Waals surface area contributed by atoms with Crippen molar-refractivity contribution in [2.24, 2.45) is 16.6 Å². The van der Waals surface area contributed by atoms with Gasteiger partial charge in [-0.1, -0.05) is 0 Å². The zero-order valence-corrected chi connectivity index (χ0v) is 15.6. The molecule has 1 unspecified atom stereocenters. The average molecular weight is 429 g/mol. The Balaban J connectivity index is 1.87. The van der Waals surface area contributed by atoms with Crippen molar-refractivity contribution in [3.63, 3.8) is 0 Å². The summed E-state index contributed by atoms with van der Waals surface area (Å²) in [6, 6.07) is 1.96. The molecule has 0 aromatic carbocycles. The molecule has 2 aliphatic rings. The molecular formula is C15H24IN7. The van der Waals surface area contributed by atoms with Crippen molar-refractivity contribution in [2.45, 2.75) is 19.5 Å². The fourth-order valence-corrected chi connectivity index (χ4v) is 4.01. The second-order valence-corrected chi connectivity index (χ2v) is 7.65. The number of fused-ring (bicyclic) bond motifs is 1. The van der Waals surface area contributed by atoms with E-state index < -0.39 is 0 Å². The van der Waals surface area contributed by atoms with E-state index in [4.69, 9.17) is 16.5 Å². The van der Waals surface area contributed by atoms with E-state index in [9.17, 15) is 0 Å². The highest BCUT2D eigenvalue weighted by Gasteiger charge is 2.27. The van der Waals surface area contributed by atoms with Crippen LogP contribution in [0.25, 0.3) is 0 Å². The van der Waals surface area contributed by atoms with Crippen molar-refractivity contribution in [2.75, 3.05) is 39.0 Å². The van der Waals surface area contributed by atoms with E-state index in [0.717, 1.165) is 62.7 Å². The number of nitrogen functional groups attached to an aromatic ring is 1. The Hall–Kier alpha value is -1.13. The summed E-state index contributed by atoms with van der Waals surface area (Å²) in [7, 11) is 2.12. The summed E-state index contributed by atoms with van der Waals surface area (Å²) >= 11 is 2.37. The van der Waals surface area contributed by atoms with Crippen LogP contribution in [0.3, 0.4) is 0 Å². The van der Waals surface area contributed by atoms with E-state index in [0.29, 0.717) is 5.82 Å². The maximum absolute atomic E-state index is 6.02. The van der Waals surface area contributed by atoms with Gasteiger partial charge in [-0.25, -0.2) is 3.11 Å². The van der Waals surface area contributed by atoms with E-state index in [-0.39, 0.29) is 5.92 Å². The van der Waals surface area contributed by atoms with Gasteiger partial charge in [-0.3, -0.25) is 14.6 Å². The van der Waals surface area contributed by atoms with Crippen LogP contribution in [0.2, 0.25) is 0 Å². The van der Waals surface area contributed by atoms with Gasteiger partial charge in [-0.2, -0.15) is 5.10 Å². The average Bonchev–Trinajstić information content (AvgIpc) is 2.64. The minimum absolute atomic E-state index is 0.271. The number of hydrogen-bond donors (Lipinski definition) is 2. The number of halogens is 1. The van der Waals surface area contributed by atoms with Gasteiger partial charge >= 0.3 is 0 Å². The molecule has 0 aliphatic carbocycles. The number of nitrogens with two attached hydrogens (primary N) is 2. The van der Waals surface area contributed by atoms with Crippen molar-refractivity contribution in [3.8, 4) is 0 Å². The fraction of sp³-hybridized carbons (Fsp3) is 0.600. The van der Waals surface area contributed by atoms with Crippen LogP contribution >= 0.6 is 22.9 Å². The van der Waals surface area contributed by atoms with Gasteiger partial charge in [0.2, 0.25) is 0 Å². The normalized spacial score (nSPS) is 24.7. The van der Waals surface area contributed by atoms with Crippen LogP contribution in [0, 0.1) is 5.92 Å². The number of rotatable bonds is 2. The largest absolute Gasteiger partial charge is 0.404 e. The van der Waals surface area contributed by atoms with Gasteiger partial charge in [0, 0.05) is 67.6 Å². The lowest BCUT2D eigenvalue weighted by Crippen LogP contribution is -2.31. The Kier molecular flexibility index (Phi) is 5.22. The molecule has 0 spiro atoms. The lowest BCUT2D eigenvalue weighted by atomic mass is 9.94. The molecular weight excluding hydrogens is 405 g/mol. The van der Waals surface area contributed by atoms with Crippen LogP contribution in [0.5, 0.6) is 0 Å². The smallest absolute Gasteiger partial charge is 0.145 e. The molecule has 126 valence electrons. The first-order chi connectivity index (χ1) is 11.1. The molecule has 1 aromatic rings. The van der Waals surface area contributed by atoms with Crippen LogP contribution in [-0.4, -0.2) is 56.7 Å². The highest BCUT2D eigenvalue weighted by molar-refractivity contribution is 14.1. The van der Waals surface area contributed by atoms with Crippen molar-refractivity contribution >= 4 is 34.4 Å². The third-order valence-corrected chi connectivity index (χ3v) is 5.20. The van der Waals surface area contributed by atoms with E-state index in [1.807, 2.05) is 10.7 Å². The minimum Gasteiger partial charge on any atom is -0.404 e. The highest BCUT2D eigenvalue weighted by Crippen LogP contribution is 2.24. The van der Waals surface area contributed by atoms with Crippen LogP contribution in [0.15, 0.2) is 22.8 Å². The SMILES string of the molecule is CN1Cc2cc(N)nn2CC(/C(=C/N)C2=NCCCN(I)C2)C1. The molecule has 7 nitrogen and oxygen atoms in total. The van der Waals surface area contributed by atoms with Crippen LogP contribution in [-0.2, 0) is 13.1 Å². The molecule has 1 atom stereocenters. The van der Waals surface area contributed by atoms with Crippen LogP contribution in [0.4, 0.5) is 5.82 Å². The summed E-state index contributed by atoms with van der Waals surface area (Å²) in [6.45, 7) is 5.36. The molecule has 0 saturated carbocycles. The fourth-order valence-electron chi connectivity index (χ4n) is 3.34. The van der Waals surface area contributed by atoms with Crippen molar-refractivity contribution in [3.05, 3.63) is 23.5 Å². The number of hydrogen-bond acceptors (Lipinski definition) is 6. The number of anilines is 1. The summed E-state index contributed by atoms with van der Waals surface area (Å²) in [4.78, 5) is 7.08. The molecule has 0 amide bonds. The number of nitrogens with zero attached hydrogens (tertiary/aromatic N) is 5. The summed E-state index contributed by atoms with van der Waals surface area (Å²) in [5.41, 5.74) is 15.3. The van der Waals surface area contributed by atoms with Gasteiger partial charge < -0.3 is 11.5 Å². The minimum atomic E-state index is 0.271. The Morgan fingerprint density at radius 2 is 2.22 bits per heavy atom. The highest BCUT2D eigenvalue weighted by atomic mass is 127. The summed E-state index contributed by atoms with van der Waals surface area (Å²) in [5, 5.41) is 4.44. The molecule has 0 radical (unpaired) electrons. The molecule has 8 heteroatoms. The van der Waals surface area contributed by atoms with Gasteiger partial charge in [0.15, 0.2) is 0 Å². The monoisotopic (exact) mass is 429 g/mol. The third kappa shape index (κ3) is 3.86. The molecule has 0 bridgehead atoms. The maximum Gasteiger partial charge on any atom is 0.145 e. The van der Waals surface area contributed by atoms with E-state index in [1.54, 1.807) is 6.20 Å². The van der Waals surface area contributed by atoms with Gasteiger partial charge in [-0.15, -0.1) is 0 Å². The first-order valence-electron chi connectivity index (χ1n) is 7.93. The summed E-state index contributed by atoms with van der Waals surface area (Å²) in [5.74, 6) is 0.852. The van der Waals surface area contributed by atoms with Crippen molar-refractivity contribution in [1.82, 2.24) is 17.8 Å². The quantitative estimate of drug-likeness (QED) is 0.538. The molecule has 2 aliphatic heterocycles. The predicted molar refractivity (Wildman–Crippen MR) is 101 cm³/mol. The lowest BCUT2D eigenvalue weighted by Gasteiger charge is -2.24. The number of aromatic nitrogens is 2. The maximum atomic E-state index is 6.02. The Bertz CT molecular complexity index is 621. The lowest BCUT2D eigenvalue weighted by molar-refractivity contribution is 0.298. The Morgan fingerprint density at radius 1 is 1.39 bits per heavy atom. The first-order valence-corrected chi connectivity index (χ1v) is 8.90. The molecule has 4 N–H and O–H groups in total. The Labute approximate surface area is 150 Å².